The molecule has 2 aromatic rings. The average Bonchev–Trinajstić information content (AvgIpc) is 3.11. The Morgan fingerprint density at radius 3 is 2.59 bits per heavy atom. The van der Waals surface area contributed by atoms with Crippen LogP contribution in [0.5, 0.6) is 0 Å². The standard InChI is InChI=1S/C17H16N2O3/c20-17(15-4-2-1-3-5-15)22-18-12-14-6-8-16(9-7-14)19-10-11-21-13-19/h1-9,12H,10-11,13H2. The molecule has 112 valence electrons. The summed E-state index contributed by atoms with van der Waals surface area (Å²) in [6, 6.07) is 16.6. The van der Waals surface area contributed by atoms with E-state index in [4.69, 9.17) is 9.57 Å². The zero-order valence-electron chi connectivity index (χ0n) is 12.0. The number of ether oxygens (including phenoxy) is 1. The highest BCUT2D eigenvalue weighted by Gasteiger charge is 2.11. The van der Waals surface area contributed by atoms with Crippen molar-refractivity contribution in [1.29, 1.82) is 0 Å². The van der Waals surface area contributed by atoms with Crippen LogP contribution in [0.4, 0.5) is 5.69 Å². The van der Waals surface area contributed by atoms with E-state index in [0.29, 0.717) is 12.3 Å². The smallest absolute Gasteiger partial charge is 0.359 e. The van der Waals surface area contributed by atoms with E-state index < -0.39 is 5.97 Å². The minimum absolute atomic E-state index is 0.470. The van der Waals surface area contributed by atoms with Gasteiger partial charge in [-0.05, 0) is 29.8 Å². The number of nitrogens with zero attached hydrogens (tertiary/aromatic N) is 2. The Balaban J connectivity index is 1.57. The Bertz CT molecular complexity index is 647. The molecule has 0 aromatic heterocycles. The first-order valence-electron chi connectivity index (χ1n) is 7.05. The number of carbonyl (C=O) groups is 1. The molecule has 0 saturated carbocycles. The molecule has 3 rings (SSSR count). The van der Waals surface area contributed by atoms with Gasteiger partial charge in [0.25, 0.3) is 0 Å². The monoisotopic (exact) mass is 296 g/mol. The van der Waals surface area contributed by atoms with E-state index in [1.807, 2.05) is 30.3 Å². The maximum Gasteiger partial charge on any atom is 0.365 e. The molecule has 1 aliphatic rings. The summed E-state index contributed by atoms with van der Waals surface area (Å²) in [4.78, 5) is 18.7. The normalized spacial score (nSPS) is 14.5. The van der Waals surface area contributed by atoms with Gasteiger partial charge in [0, 0.05) is 12.2 Å². The first-order valence-corrected chi connectivity index (χ1v) is 7.05. The summed E-state index contributed by atoms with van der Waals surface area (Å²) in [5, 5.41) is 3.73. The van der Waals surface area contributed by atoms with Gasteiger partial charge in [0.05, 0.1) is 18.4 Å². The molecule has 1 fully saturated rings. The van der Waals surface area contributed by atoms with Crippen molar-refractivity contribution in [1.82, 2.24) is 0 Å². The highest BCUT2D eigenvalue weighted by Crippen LogP contribution is 2.17. The van der Waals surface area contributed by atoms with Crippen LogP contribution in [0.25, 0.3) is 0 Å². The van der Waals surface area contributed by atoms with E-state index in [1.54, 1.807) is 24.3 Å². The maximum absolute atomic E-state index is 11.7. The first kappa shape index (κ1) is 14.3. The summed E-state index contributed by atoms with van der Waals surface area (Å²) in [5.74, 6) is -0.470. The highest BCUT2D eigenvalue weighted by atomic mass is 16.7. The van der Waals surface area contributed by atoms with Crippen molar-refractivity contribution in [3.8, 4) is 0 Å². The van der Waals surface area contributed by atoms with Crippen molar-refractivity contribution in [3.63, 3.8) is 0 Å². The van der Waals surface area contributed by atoms with Crippen molar-refractivity contribution < 1.29 is 14.4 Å². The molecule has 5 heteroatoms. The summed E-state index contributed by atoms with van der Waals surface area (Å²) < 4.78 is 5.32. The summed E-state index contributed by atoms with van der Waals surface area (Å²) in [6.07, 6.45) is 1.52. The Labute approximate surface area is 128 Å². The molecule has 0 N–H and O–H groups in total. The molecule has 0 radical (unpaired) electrons. The molecule has 1 heterocycles. The maximum atomic E-state index is 11.7. The Morgan fingerprint density at radius 2 is 1.91 bits per heavy atom. The minimum Gasteiger partial charge on any atom is -0.359 e. The van der Waals surface area contributed by atoms with Crippen molar-refractivity contribution >= 4 is 17.9 Å². The highest BCUT2D eigenvalue weighted by molar-refractivity contribution is 5.90. The van der Waals surface area contributed by atoms with Crippen molar-refractivity contribution in [2.75, 3.05) is 24.8 Å². The van der Waals surface area contributed by atoms with E-state index >= 15 is 0 Å². The number of rotatable bonds is 4. The van der Waals surface area contributed by atoms with E-state index in [0.717, 1.165) is 24.4 Å². The molecule has 5 nitrogen and oxygen atoms in total. The molecule has 0 unspecified atom stereocenters. The number of hydrogen-bond donors (Lipinski definition) is 0. The second kappa shape index (κ2) is 6.87. The largest absolute Gasteiger partial charge is 0.365 e. The van der Waals surface area contributed by atoms with Crippen molar-refractivity contribution in [2.45, 2.75) is 0 Å². The summed E-state index contributed by atoms with van der Waals surface area (Å²) in [7, 11) is 0. The molecule has 0 aliphatic carbocycles. The third kappa shape index (κ3) is 3.51. The third-order valence-electron chi connectivity index (χ3n) is 3.36. The van der Waals surface area contributed by atoms with Crippen LogP contribution in [-0.2, 0) is 9.57 Å². The van der Waals surface area contributed by atoms with Crippen LogP contribution in [0, 0.1) is 0 Å². The topological polar surface area (TPSA) is 51.1 Å². The molecule has 0 atom stereocenters. The van der Waals surface area contributed by atoms with Crippen LogP contribution in [-0.4, -0.2) is 32.1 Å². The lowest BCUT2D eigenvalue weighted by atomic mass is 10.2. The Hall–Kier alpha value is -2.66. The van der Waals surface area contributed by atoms with Gasteiger partial charge in [-0.1, -0.05) is 35.5 Å². The average molecular weight is 296 g/mol. The Morgan fingerprint density at radius 1 is 1.14 bits per heavy atom. The van der Waals surface area contributed by atoms with Gasteiger partial charge < -0.3 is 14.5 Å². The molecular formula is C17H16N2O3. The van der Waals surface area contributed by atoms with Gasteiger partial charge in [-0.3, -0.25) is 0 Å². The number of benzene rings is 2. The number of hydrogen-bond acceptors (Lipinski definition) is 5. The lowest BCUT2D eigenvalue weighted by molar-refractivity contribution is 0.0519. The van der Waals surface area contributed by atoms with Gasteiger partial charge in [0.1, 0.15) is 6.73 Å². The zero-order valence-corrected chi connectivity index (χ0v) is 12.0. The van der Waals surface area contributed by atoms with Crippen LogP contribution >= 0.6 is 0 Å². The van der Waals surface area contributed by atoms with Gasteiger partial charge in [-0.25, -0.2) is 4.79 Å². The summed E-state index contributed by atoms with van der Waals surface area (Å²) >= 11 is 0. The van der Waals surface area contributed by atoms with E-state index in [-0.39, 0.29) is 0 Å². The van der Waals surface area contributed by atoms with Gasteiger partial charge in [0.15, 0.2) is 0 Å². The van der Waals surface area contributed by atoms with Crippen LogP contribution in [0.2, 0.25) is 0 Å². The lowest BCUT2D eigenvalue weighted by Crippen LogP contribution is -2.18. The molecule has 1 saturated heterocycles. The fraction of sp³-hybridized carbons (Fsp3) is 0.176. The van der Waals surface area contributed by atoms with Crippen LogP contribution in [0.15, 0.2) is 59.8 Å². The van der Waals surface area contributed by atoms with Gasteiger partial charge in [0.2, 0.25) is 0 Å². The fourth-order valence-electron chi connectivity index (χ4n) is 2.15. The number of anilines is 1. The quantitative estimate of drug-likeness (QED) is 0.494. The van der Waals surface area contributed by atoms with E-state index in [9.17, 15) is 4.79 Å². The van der Waals surface area contributed by atoms with Gasteiger partial charge >= 0.3 is 5.97 Å². The summed E-state index contributed by atoms with van der Waals surface area (Å²) in [5.41, 5.74) is 2.45. The van der Waals surface area contributed by atoms with E-state index in [1.165, 1.54) is 6.21 Å². The molecule has 0 spiro atoms. The molecule has 22 heavy (non-hydrogen) atoms. The van der Waals surface area contributed by atoms with Crippen LogP contribution in [0.1, 0.15) is 15.9 Å². The van der Waals surface area contributed by atoms with Crippen molar-refractivity contribution in [3.05, 3.63) is 65.7 Å². The molecule has 1 aliphatic heterocycles. The zero-order chi connectivity index (χ0) is 15.2. The van der Waals surface area contributed by atoms with Crippen molar-refractivity contribution in [2.24, 2.45) is 5.16 Å². The fourth-order valence-corrected chi connectivity index (χ4v) is 2.15. The first-order chi connectivity index (χ1) is 10.8. The van der Waals surface area contributed by atoms with E-state index in [2.05, 4.69) is 10.1 Å². The predicted octanol–water partition coefficient (Wildman–Crippen LogP) is 2.67. The predicted molar refractivity (Wildman–Crippen MR) is 84.1 cm³/mol. The molecule has 0 amide bonds. The molecule has 0 bridgehead atoms. The second-order valence-corrected chi connectivity index (χ2v) is 4.87. The van der Waals surface area contributed by atoms with Crippen LogP contribution < -0.4 is 4.90 Å². The Kier molecular flexibility index (Phi) is 4.46. The van der Waals surface area contributed by atoms with Gasteiger partial charge in [-0.15, -0.1) is 0 Å². The lowest BCUT2D eigenvalue weighted by Gasteiger charge is -2.15. The molecular weight excluding hydrogens is 280 g/mol. The minimum atomic E-state index is -0.470. The molecule has 2 aromatic carbocycles. The van der Waals surface area contributed by atoms with Crippen LogP contribution in [0.3, 0.4) is 0 Å². The third-order valence-corrected chi connectivity index (χ3v) is 3.36. The second-order valence-electron chi connectivity index (χ2n) is 4.87. The SMILES string of the molecule is O=C(ON=Cc1ccc(N2CCOC2)cc1)c1ccccc1. The summed E-state index contributed by atoms with van der Waals surface area (Å²) in [6.45, 7) is 2.29. The van der Waals surface area contributed by atoms with Gasteiger partial charge in [-0.2, -0.15) is 0 Å². The number of oxime groups is 1. The number of carbonyl (C=O) groups excluding carboxylic acids is 1.